The van der Waals surface area contributed by atoms with Crippen molar-refractivity contribution in [1.82, 2.24) is 5.32 Å². The summed E-state index contributed by atoms with van der Waals surface area (Å²) < 4.78 is 0. The molecule has 0 aromatic carbocycles. The second-order valence-corrected chi connectivity index (χ2v) is 7.56. The molecule has 0 aliphatic heterocycles. The van der Waals surface area contributed by atoms with Gasteiger partial charge >= 0.3 is 0 Å². The normalized spacial score (nSPS) is 36.6. The number of nitrogens with one attached hydrogen (secondary N) is 1. The van der Waals surface area contributed by atoms with Gasteiger partial charge in [0.2, 0.25) is 0 Å². The number of aliphatic hydroxyl groups excluding tert-OH is 1. The first-order valence-electron chi connectivity index (χ1n) is 8.44. The SMILES string of the molecule is CCC(C)(C)C1CCC(NCC2CCCC2O)CC1. The van der Waals surface area contributed by atoms with E-state index in [1.54, 1.807) is 0 Å². The maximum Gasteiger partial charge on any atom is 0.0580 e. The van der Waals surface area contributed by atoms with E-state index in [-0.39, 0.29) is 6.10 Å². The molecular weight excluding hydrogens is 234 g/mol. The summed E-state index contributed by atoms with van der Waals surface area (Å²) in [5, 5.41) is 13.6. The molecule has 2 heteroatoms. The minimum Gasteiger partial charge on any atom is -0.393 e. The van der Waals surface area contributed by atoms with Gasteiger partial charge in [-0.15, -0.1) is 0 Å². The number of hydrogen-bond acceptors (Lipinski definition) is 2. The van der Waals surface area contributed by atoms with E-state index >= 15 is 0 Å². The smallest absolute Gasteiger partial charge is 0.0580 e. The summed E-state index contributed by atoms with van der Waals surface area (Å²) in [4.78, 5) is 0. The van der Waals surface area contributed by atoms with Crippen molar-refractivity contribution in [1.29, 1.82) is 0 Å². The highest BCUT2D eigenvalue weighted by Crippen LogP contribution is 2.40. The lowest BCUT2D eigenvalue weighted by atomic mass is 9.69. The molecule has 2 rings (SSSR count). The Labute approximate surface area is 119 Å². The fraction of sp³-hybridized carbons (Fsp3) is 1.00. The van der Waals surface area contributed by atoms with Crippen LogP contribution in [-0.4, -0.2) is 23.8 Å². The summed E-state index contributed by atoms with van der Waals surface area (Å²) in [6.45, 7) is 8.22. The minimum absolute atomic E-state index is 0.0390. The molecule has 2 atom stereocenters. The van der Waals surface area contributed by atoms with Crippen LogP contribution in [0, 0.1) is 17.3 Å². The lowest BCUT2D eigenvalue weighted by molar-refractivity contribution is 0.117. The van der Waals surface area contributed by atoms with Crippen LogP contribution >= 0.6 is 0 Å². The molecular formula is C17H33NO. The molecule has 2 fully saturated rings. The van der Waals surface area contributed by atoms with Crippen molar-refractivity contribution < 1.29 is 5.11 Å². The standard InChI is InChI=1S/C17H33NO/c1-4-17(2,3)14-8-10-15(11-9-14)18-12-13-6-5-7-16(13)19/h13-16,18-19H,4-12H2,1-3H3. The highest BCUT2D eigenvalue weighted by molar-refractivity contribution is 4.86. The predicted molar refractivity (Wildman–Crippen MR) is 81.2 cm³/mol. The summed E-state index contributed by atoms with van der Waals surface area (Å²) in [6, 6.07) is 0.705. The van der Waals surface area contributed by atoms with E-state index in [4.69, 9.17) is 0 Å². The van der Waals surface area contributed by atoms with Crippen LogP contribution in [0.15, 0.2) is 0 Å². The van der Waals surface area contributed by atoms with Crippen LogP contribution in [0.1, 0.15) is 72.1 Å². The van der Waals surface area contributed by atoms with Crippen LogP contribution in [0.25, 0.3) is 0 Å². The first kappa shape index (κ1) is 15.3. The monoisotopic (exact) mass is 267 g/mol. The fourth-order valence-electron chi connectivity index (χ4n) is 3.94. The van der Waals surface area contributed by atoms with Gasteiger partial charge in [0.15, 0.2) is 0 Å². The van der Waals surface area contributed by atoms with E-state index in [0.29, 0.717) is 17.4 Å². The van der Waals surface area contributed by atoms with Gasteiger partial charge in [-0.25, -0.2) is 0 Å². The third-order valence-electron chi connectivity index (χ3n) is 6.03. The van der Waals surface area contributed by atoms with Gasteiger partial charge in [-0.05, 0) is 55.8 Å². The Morgan fingerprint density at radius 3 is 2.26 bits per heavy atom. The van der Waals surface area contributed by atoms with Crippen LogP contribution in [-0.2, 0) is 0 Å². The Morgan fingerprint density at radius 1 is 1.05 bits per heavy atom. The number of hydrogen-bond donors (Lipinski definition) is 2. The maximum absolute atomic E-state index is 9.86. The Kier molecular flexibility index (Phi) is 5.30. The molecule has 0 aromatic rings. The van der Waals surface area contributed by atoms with Gasteiger partial charge < -0.3 is 10.4 Å². The molecule has 0 aromatic heterocycles. The van der Waals surface area contributed by atoms with E-state index in [2.05, 4.69) is 26.1 Å². The Bertz CT molecular complexity index is 268. The molecule has 2 aliphatic rings. The van der Waals surface area contributed by atoms with Crippen LogP contribution in [0.2, 0.25) is 0 Å². The summed E-state index contributed by atoms with van der Waals surface area (Å²) in [5.41, 5.74) is 0.520. The van der Waals surface area contributed by atoms with Crippen molar-refractivity contribution in [2.75, 3.05) is 6.54 Å². The minimum atomic E-state index is -0.0390. The van der Waals surface area contributed by atoms with Crippen molar-refractivity contribution in [3.63, 3.8) is 0 Å². The highest BCUT2D eigenvalue weighted by atomic mass is 16.3. The van der Waals surface area contributed by atoms with Crippen LogP contribution in [0.5, 0.6) is 0 Å². The van der Waals surface area contributed by atoms with Crippen molar-refractivity contribution in [2.45, 2.75) is 84.3 Å². The molecule has 0 saturated heterocycles. The zero-order chi connectivity index (χ0) is 13.9. The average molecular weight is 267 g/mol. The van der Waals surface area contributed by atoms with E-state index in [1.807, 2.05) is 0 Å². The second-order valence-electron chi connectivity index (χ2n) is 7.56. The van der Waals surface area contributed by atoms with Crippen molar-refractivity contribution in [3.05, 3.63) is 0 Å². The summed E-state index contributed by atoms with van der Waals surface area (Å²) in [7, 11) is 0. The molecule has 2 N–H and O–H groups in total. The molecule has 0 amide bonds. The van der Waals surface area contributed by atoms with E-state index in [1.165, 1.54) is 44.9 Å². The molecule has 19 heavy (non-hydrogen) atoms. The molecule has 0 radical (unpaired) electrons. The fourth-order valence-corrected chi connectivity index (χ4v) is 3.94. The molecule has 0 spiro atoms. The van der Waals surface area contributed by atoms with Gasteiger partial charge in [-0.1, -0.05) is 33.6 Å². The zero-order valence-electron chi connectivity index (χ0n) is 13.1. The van der Waals surface area contributed by atoms with Gasteiger partial charge in [0.05, 0.1) is 6.10 Å². The van der Waals surface area contributed by atoms with E-state index in [0.717, 1.165) is 18.9 Å². The summed E-state index contributed by atoms with van der Waals surface area (Å²) >= 11 is 0. The summed E-state index contributed by atoms with van der Waals surface area (Å²) in [6.07, 6.45) is 10.1. The van der Waals surface area contributed by atoms with Crippen molar-refractivity contribution >= 4 is 0 Å². The number of aliphatic hydroxyl groups is 1. The van der Waals surface area contributed by atoms with Gasteiger partial charge in [0.1, 0.15) is 0 Å². The molecule has 2 saturated carbocycles. The third-order valence-corrected chi connectivity index (χ3v) is 6.03. The van der Waals surface area contributed by atoms with Crippen molar-refractivity contribution in [3.8, 4) is 0 Å². The maximum atomic E-state index is 9.86. The lowest BCUT2D eigenvalue weighted by Gasteiger charge is -2.39. The van der Waals surface area contributed by atoms with Crippen LogP contribution in [0.4, 0.5) is 0 Å². The number of rotatable bonds is 5. The van der Waals surface area contributed by atoms with Crippen molar-refractivity contribution in [2.24, 2.45) is 17.3 Å². The highest BCUT2D eigenvalue weighted by Gasteiger charge is 2.32. The summed E-state index contributed by atoms with van der Waals surface area (Å²) in [5.74, 6) is 1.43. The van der Waals surface area contributed by atoms with E-state index < -0.39 is 0 Å². The molecule has 112 valence electrons. The first-order chi connectivity index (χ1) is 9.03. The van der Waals surface area contributed by atoms with Gasteiger partial charge in [0, 0.05) is 12.6 Å². The van der Waals surface area contributed by atoms with Gasteiger partial charge in [0.25, 0.3) is 0 Å². The molecule has 0 bridgehead atoms. The first-order valence-corrected chi connectivity index (χ1v) is 8.44. The Morgan fingerprint density at radius 2 is 1.74 bits per heavy atom. The third kappa shape index (κ3) is 3.95. The topological polar surface area (TPSA) is 32.3 Å². The Hall–Kier alpha value is -0.0800. The zero-order valence-corrected chi connectivity index (χ0v) is 13.1. The predicted octanol–water partition coefficient (Wildman–Crippen LogP) is 3.73. The Balaban J connectivity index is 1.69. The van der Waals surface area contributed by atoms with Crippen LogP contribution < -0.4 is 5.32 Å². The average Bonchev–Trinajstić information content (AvgIpc) is 2.82. The molecule has 0 heterocycles. The van der Waals surface area contributed by atoms with Gasteiger partial charge in [-0.2, -0.15) is 0 Å². The molecule has 2 aliphatic carbocycles. The van der Waals surface area contributed by atoms with Crippen LogP contribution in [0.3, 0.4) is 0 Å². The largest absolute Gasteiger partial charge is 0.393 e. The molecule has 2 nitrogen and oxygen atoms in total. The lowest BCUT2D eigenvalue weighted by Crippen LogP contribution is -2.40. The quantitative estimate of drug-likeness (QED) is 0.795. The van der Waals surface area contributed by atoms with E-state index in [9.17, 15) is 5.11 Å². The molecule has 2 unspecified atom stereocenters. The van der Waals surface area contributed by atoms with Gasteiger partial charge in [-0.3, -0.25) is 0 Å². The second kappa shape index (κ2) is 6.58.